The second kappa shape index (κ2) is 8.45. The number of carbonyl (C=O) groups excluding carboxylic acids is 2. The Hall–Kier alpha value is -3.20. The van der Waals surface area contributed by atoms with Crippen LogP contribution in [0.3, 0.4) is 0 Å². The molecule has 0 aliphatic heterocycles. The predicted octanol–water partition coefficient (Wildman–Crippen LogP) is 3.36. The predicted molar refractivity (Wildman–Crippen MR) is 93.8 cm³/mol. The highest BCUT2D eigenvalue weighted by atomic mass is 32.2. The van der Waals surface area contributed by atoms with Crippen molar-refractivity contribution in [3.63, 3.8) is 0 Å². The van der Waals surface area contributed by atoms with E-state index in [2.05, 4.69) is 14.9 Å². The van der Waals surface area contributed by atoms with Gasteiger partial charge in [-0.3, -0.25) is 4.79 Å². The number of carbonyl (C=O) groups is 2. The van der Waals surface area contributed by atoms with Gasteiger partial charge in [0.15, 0.2) is 0 Å². The molecule has 3 rings (SSSR count). The van der Waals surface area contributed by atoms with Crippen molar-refractivity contribution in [3.05, 3.63) is 59.9 Å². The molecule has 1 aromatic heterocycles. The zero-order valence-electron chi connectivity index (χ0n) is 14.0. The average molecular weight is 388 g/mol. The molecule has 0 bridgehead atoms. The van der Waals surface area contributed by atoms with Gasteiger partial charge in [-0.1, -0.05) is 11.8 Å². The third-order valence-electron chi connectivity index (χ3n) is 3.32. The molecule has 0 N–H and O–H groups in total. The topological polar surface area (TPSA) is 91.5 Å². The minimum absolute atomic E-state index is 0.0518. The van der Waals surface area contributed by atoms with E-state index in [0.29, 0.717) is 16.9 Å². The number of ether oxygens (including phenoxy) is 2. The first-order valence-corrected chi connectivity index (χ1v) is 8.65. The maximum atomic E-state index is 12.9. The van der Waals surface area contributed by atoms with E-state index in [4.69, 9.17) is 9.15 Å². The molecule has 0 fully saturated rings. The highest BCUT2D eigenvalue weighted by Gasteiger charge is 2.13. The van der Waals surface area contributed by atoms with Crippen molar-refractivity contribution >= 4 is 23.7 Å². The lowest BCUT2D eigenvalue weighted by Crippen LogP contribution is -2.11. The molecule has 138 valence electrons. The van der Waals surface area contributed by atoms with Crippen LogP contribution in [0, 0.1) is 5.82 Å². The molecular formula is C18H13FN2O5S. The summed E-state index contributed by atoms with van der Waals surface area (Å²) >= 11 is 1.02. The van der Waals surface area contributed by atoms with Gasteiger partial charge in [-0.2, -0.15) is 0 Å². The van der Waals surface area contributed by atoms with Crippen molar-refractivity contribution in [1.82, 2.24) is 10.2 Å². The molecule has 0 aliphatic rings. The summed E-state index contributed by atoms with van der Waals surface area (Å²) in [6.45, 7) is 0. The van der Waals surface area contributed by atoms with Crippen LogP contribution in [0.25, 0.3) is 11.5 Å². The fourth-order valence-corrected chi connectivity index (χ4v) is 2.57. The fourth-order valence-electron chi connectivity index (χ4n) is 2.04. The van der Waals surface area contributed by atoms with E-state index >= 15 is 0 Å². The van der Waals surface area contributed by atoms with Gasteiger partial charge in [0.2, 0.25) is 5.89 Å². The minimum atomic E-state index is -0.521. The maximum Gasteiger partial charge on any atom is 0.337 e. The van der Waals surface area contributed by atoms with Crippen molar-refractivity contribution in [2.24, 2.45) is 0 Å². The Morgan fingerprint density at radius 3 is 2.44 bits per heavy atom. The van der Waals surface area contributed by atoms with Crippen LogP contribution in [0.15, 0.2) is 58.2 Å². The molecule has 27 heavy (non-hydrogen) atoms. The largest absolute Gasteiger partial charge is 0.465 e. The number of halogens is 1. The molecule has 0 spiro atoms. The van der Waals surface area contributed by atoms with Crippen LogP contribution in [-0.2, 0) is 9.53 Å². The maximum absolute atomic E-state index is 12.9. The number of methoxy groups -OCH3 is 1. The molecule has 2 aromatic carbocycles. The van der Waals surface area contributed by atoms with Crippen molar-refractivity contribution in [1.29, 1.82) is 0 Å². The molecule has 3 aromatic rings. The molecule has 0 saturated carbocycles. The van der Waals surface area contributed by atoms with Crippen LogP contribution in [0.4, 0.5) is 4.39 Å². The van der Waals surface area contributed by atoms with Crippen LogP contribution < -0.4 is 4.74 Å². The Morgan fingerprint density at radius 2 is 1.78 bits per heavy atom. The van der Waals surface area contributed by atoms with Crippen LogP contribution in [0.5, 0.6) is 5.75 Å². The van der Waals surface area contributed by atoms with E-state index in [1.165, 1.54) is 55.6 Å². The summed E-state index contributed by atoms with van der Waals surface area (Å²) in [5.41, 5.74) is 0.926. The van der Waals surface area contributed by atoms with Gasteiger partial charge in [0.1, 0.15) is 17.3 Å². The van der Waals surface area contributed by atoms with Crippen molar-refractivity contribution < 1.29 is 27.9 Å². The number of hydrogen-bond donors (Lipinski definition) is 0. The highest BCUT2D eigenvalue weighted by molar-refractivity contribution is 7.99. The van der Waals surface area contributed by atoms with Gasteiger partial charge in [-0.15, -0.1) is 10.2 Å². The van der Waals surface area contributed by atoms with E-state index in [0.717, 1.165) is 11.8 Å². The molecule has 7 nitrogen and oxygen atoms in total. The first-order chi connectivity index (χ1) is 13.0. The third-order valence-corrected chi connectivity index (χ3v) is 4.11. The molecule has 0 atom stereocenters. The van der Waals surface area contributed by atoms with Crippen LogP contribution >= 0.6 is 11.8 Å². The van der Waals surface area contributed by atoms with Gasteiger partial charge in [-0.05, 0) is 48.5 Å². The molecule has 9 heteroatoms. The van der Waals surface area contributed by atoms with Crippen molar-refractivity contribution in [3.8, 4) is 17.2 Å². The Balaban J connectivity index is 1.53. The zero-order valence-corrected chi connectivity index (χ0v) is 14.9. The van der Waals surface area contributed by atoms with Crippen LogP contribution in [0.1, 0.15) is 10.4 Å². The van der Waals surface area contributed by atoms with Gasteiger partial charge < -0.3 is 13.9 Å². The Morgan fingerprint density at radius 1 is 1.07 bits per heavy atom. The standard InChI is InChI=1S/C18H13FN2O5S/c1-24-17(23)12-4-8-14(9-5-12)25-15(22)10-27-18-21-20-16(26-18)11-2-6-13(19)7-3-11/h2-9H,10H2,1H3. The zero-order chi connectivity index (χ0) is 19.2. The Bertz CT molecular complexity index is 941. The van der Waals surface area contributed by atoms with Gasteiger partial charge >= 0.3 is 11.9 Å². The summed E-state index contributed by atoms with van der Waals surface area (Å²) in [6.07, 6.45) is 0. The highest BCUT2D eigenvalue weighted by Crippen LogP contribution is 2.23. The minimum Gasteiger partial charge on any atom is -0.465 e. The van der Waals surface area contributed by atoms with E-state index in [1.807, 2.05) is 0 Å². The molecule has 0 amide bonds. The first kappa shape index (κ1) is 18.6. The SMILES string of the molecule is COC(=O)c1ccc(OC(=O)CSc2nnc(-c3ccc(F)cc3)o2)cc1. The van der Waals surface area contributed by atoms with Gasteiger partial charge in [-0.25, -0.2) is 9.18 Å². The molecule has 0 radical (unpaired) electrons. The van der Waals surface area contributed by atoms with E-state index in [1.54, 1.807) is 0 Å². The van der Waals surface area contributed by atoms with Crippen LogP contribution in [-0.4, -0.2) is 35.0 Å². The average Bonchev–Trinajstić information content (AvgIpc) is 3.16. The summed E-state index contributed by atoms with van der Waals surface area (Å²) in [4.78, 5) is 23.3. The quantitative estimate of drug-likeness (QED) is 0.361. The van der Waals surface area contributed by atoms with E-state index < -0.39 is 11.9 Å². The summed E-state index contributed by atoms with van der Waals surface area (Å²) in [5, 5.41) is 7.87. The molecule has 0 unspecified atom stereocenters. The third kappa shape index (κ3) is 4.91. The summed E-state index contributed by atoms with van der Waals surface area (Å²) in [5.74, 6) is -0.890. The van der Waals surface area contributed by atoms with Gasteiger partial charge in [0, 0.05) is 5.56 Å². The second-order valence-corrected chi connectivity index (χ2v) is 6.09. The molecular weight excluding hydrogens is 375 g/mol. The lowest BCUT2D eigenvalue weighted by atomic mass is 10.2. The molecule has 0 saturated heterocycles. The summed E-state index contributed by atoms with van der Waals surface area (Å²) < 4.78 is 28.1. The molecule has 0 aliphatic carbocycles. The van der Waals surface area contributed by atoms with E-state index in [9.17, 15) is 14.0 Å². The number of esters is 2. The number of aromatic nitrogens is 2. The lowest BCUT2D eigenvalue weighted by molar-refractivity contribution is -0.131. The number of hydrogen-bond acceptors (Lipinski definition) is 8. The fraction of sp³-hybridized carbons (Fsp3) is 0.111. The monoisotopic (exact) mass is 388 g/mol. The van der Waals surface area contributed by atoms with Crippen molar-refractivity contribution in [2.45, 2.75) is 5.22 Å². The molecule has 1 heterocycles. The Labute approximate surface area is 157 Å². The summed E-state index contributed by atoms with van der Waals surface area (Å²) in [6, 6.07) is 11.6. The first-order valence-electron chi connectivity index (χ1n) is 7.66. The van der Waals surface area contributed by atoms with Crippen molar-refractivity contribution in [2.75, 3.05) is 12.9 Å². The normalized spacial score (nSPS) is 10.4. The smallest absolute Gasteiger partial charge is 0.337 e. The van der Waals surface area contributed by atoms with Gasteiger partial charge in [0.25, 0.3) is 5.22 Å². The number of rotatable bonds is 6. The number of benzene rings is 2. The van der Waals surface area contributed by atoms with Gasteiger partial charge in [0.05, 0.1) is 12.7 Å². The Kier molecular flexibility index (Phi) is 5.82. The van der Waals surface area contributed by atoms with E-state index in [-0.39, 0.29) is 22.7 Å². The second-order valence-electron chi connectivity index (χ2n) is 5.16. The number of thioether (sulfide) groups is 1. The number of nitrogens with zero attached hydrogens (tertiary/aromatic N) is 2. The van der Waals surface area contributed by atoms with Crippen LogP contribution in [0.2, 0.25) is 0 Å². The lowest BCUT2D eigenvalue weighted by Gasteiger charge is -2.04. The summed E-state index contributed by atoms with van der Waals surface area (Å²) in [7, 11) is 1.28.